The van der Waals surface area contributed by atoms with Crippen LogP contribution in [0.1, 0.15) is 46.5 Å². The van der Waals surface area contributed by atoms with Crippen LogP contribution in [0.25, 0.3) is 0 Å². The van der Waals surface area contributed by atoms with E-state index in [9.17, 15) is 9.59 Å². The maximum atomic E-state index is 12.7. The molecule has 1 fully saturated rings. The van der Waals surface area contributed by atoms with Gasteiger partial charge in [0.05, 0.1) is 11.5 Å². The van der Waals surface area contributed by atoms with Crippen molar-refractivity contribution in [2.45, 2.75) is 42.9 Å². The second-order valence-corrected chi connectivity index (χ2v) is 9.17. The summed E-state index contributed by atoms with van der Waals surface area (Å²) in [4.78, 5) is 26.3. The predicted molar refractivity (Wildman–Crippen MR) is 101 cm³/mol. The van der Waals surface area contributed by atoms with Crippen LogP contribution < -0.4 is 10.6 Å². The van der Waals surface area contributed by atoms with Crippen LogP contribution in [0, 0.1) is 5.92 Å². The van der Waals surface area contributed by atoms with Crippen LogP contribution in [0.2, 0.25) is 0 Å². The fraction of sp³-hybridized carbons (Fsp3) is 0.647. The lowest BCUT2D eigenvalue weighted by Crippen LogP contribution is -2.27. The maximum absolute atomic E-state index is 12.7. The van der Waals surface area contributed by atoms with Crippen molar-refractivity contribution in [3.63, 3.8) is 0 Å². The molecule has 138 valence electrons. The van der Waals surface area contributed by atoms with Crippen LogP contribution in [0.4, 0.5) is 5.00 Å². The van der Waals surface area contributed by atoms with Gasteiger partial charge >= 0.3 is 0 Å². The van der Waals surface area contributed by atoms with E-state index in [2.05, 4.69) is 10.6 Å². The third-order valence-corrected chi connectivity index (χ3v) is 6.63. The van der Waals surface area contributed by atoms with Gasteiger partial charge in [-0.2, -0.15) is 0 Å². The third-order valence-electron chi connectivity index (χ3n) is 4.59. The van der Waals surface area contributed by atoms with Gasteiger partial charge in [0.2, 0.25) is 5.91 Å². The van der Waals surface area contributed by atoms with Crippen LogP contribution in [-0.2, 0) is 22.4 Å². The normalized spacial score (nSPS) is 20.7. The molecule has 2 amide bonds. The Hall–Kier alpha value is -0.820. The SMILES string of the molecule is COCCCNC(=O)c1c(NC(=O)C2CC2(Cl)Cl)sc2c1CCCC2. The van der Waals surface area contributed by atoms with E-state index in [1.54, 1.807) is 7.11 Å². The molecule has 1 unspecified atom stereocenters. The molecule has 5 nitrogen and oxygen atoms in total. The molecule has 2 aliphatic carbocycles. The van der Waals surface area contributed by atoms with Gasteiger partial charge in [-0.15, -0.1) is 34.5 Å². The molecule has 0 aliphatic heterocycles. The quantitative estimate of drug-likeness (QED) is 0.539. The number of alkyl halides is 2. The number of methoxy groups -OCH3 is 1. The van der Waals surface area contributed by atoms with Gasteiger partial charge in [-0.1, -0.05) is 0 Å². The molecule has 2 N–H and O–H groups in total. The molecule has 0 saturated heterocycles. The third kappa shape index (κ3) is 4.30. The lowest BCUT2D eigenvalue weighted by Gasteiger charge is -2.13. The van der Waals surface area contributed by atoms with E-state index in [1.165, 1.54) is 16.2 Å². The molecule has 0 bridgehead atoms. The van der Waals surface area contributed by atoms with Crippen molar-refractivity contribution in [3.05, 3.63) is 16.0 Å². The average Bonchev–Trinajstić information content (AvgIpc) is 3.07. The van der Waals surface area contributed by atoms with Gasteiger partial charge in [-0.05, 0) is 44.1 Å². The highest BCUT2D eigenvalue weighted by molar-refractivity contribution is 7.17. The fourth-order valence-electron chi connectivity index (χ4n) is 3.10. The number of carbonyl (C=O) groups is 2. The summed E-state index contributed by atoms with van der Waals surface area (Å²) in [7, 11) is 1.64. The molecule has 2 aliphatic rings. The topological polar surface area (TPSA) is 67.4 Å². The van der Waals surface area contributed by atoms with E-state index in [1.807, 2.05) is 0 Å². The molecule has 1 aromatic heterocycles. The van der Waals surface area contributed by atoms with Gasteiger partial charge in [-0.3, -0.25) is 9.59 Å². The van der Waals surface area contributed by atoms with Gasteiger partial charge in [-0.25, -0.2) is 0 Å². The first kappa shape index (κ1) is 19.0. The summed E-state index contributed by atoms with van der Waals surface area (Å²) < 4.78 is 4.03. The second-order valence-electron chi connectivity index (χ2n) is 6.52. The number of hydrogen-bond donors (Lipinski definition) is 2. The number of anilines is 1. The number of thiophene rings is 1. The Kier molecular flexibility index (Phi) is 5.93. The van der Waals surface area contributed by atoms with Gasteiger partial charge in [0.15, 0.2) is 0 Å². The van der Waals surface area contributed by atoms with E-state index in [4.69, 9.17) is 27.9 Å². The molecule has 8 heteroatoms. The molecule has 25 heavy (non-hydrogen) atoms. The number of amides is 2. The Morgan fingerprint density at radius 1 is 1.32 bits per heavy atom. The number of carbonyl (C=O) groups excluding carboxylic acids is 2. The van der Waals surface area contributed by atoms with Gasteiger partial charge < -0.3 is 15.4 Å². The molecule has 0 radical (unpaired) electrons. The molecule has 0 aromatic carbocycles. The van der Waals surface area contributed by atoms with Crippen molar-refractivity contribution in [2.75, 3.05) is 25.6 Å². The zero-order valence-electron chi connectivity index (χ0n) is 14.1. The minimum atomic E-state index is -0.969. The van der Waals surface area contributed by atoms with Crippen molar-refractivity contribution in [1.29, 1.82) is 0 Å². The summed E-state index contributed by atoms with van der Waals surface area (Å²) in [5.74, 6) is -0.755. The molecule has 0 spiro atoms. The van der Waals surface area contributed by atoms with Crippen LogP contribution in [0.5, 0.6) is 0 Å². The first-order chi connectivity index (χ1) is 11.9. The number of halogens is 2. The smallest absolute Gasteiger partial charge is 0.254 e. The molecule has 3 rings (SSSR count). The minimum absolute atomic E-state index is 0.135. The van der Waals surface area contributed by atoms with E-state index >= 15 is 0 Å². The zero-order valence-corrected chi connectivity index (χ0v) is 16.5. The summed E-state index contributed by atoms with van der Waals surface area (Å²) in [5.41, 5.74) is 1.69. The summed E-state index contributed by atoms with van der Waals surface area (Å²) in [6.07, 6.45) is 5.21. The van der Waals surface area contributed by atoms with E-state index < -0.39 is 10.3 Å². The molecule has 1 atom stereocenters. The summed E-state index contributed by atoms with van der Waals surface area (Å²) in [6, 6.07) is 0. The standard InChI is InChI=1S/C17H22Cl2N2O3S/c1-24-8-4-7-20-15(23)13-10-5-2-3-6-12(10)25-16(13)21-14(22)11-9-17(11,18)19/h11H,2-9H2,1H3,(H,20,23)(H,21,22). The molecule has 1 aromatic rings. The Labute approximate surface area is 161 Å². The second kappa shape index (κ2) is 7.82. The maximum Gasteiger partial charge on any atom is 0.254 e. The predicted octanol–water partition coefficient (Wildman–Crippen LogP) is 3.53. The average molecular weight is 405 g/mol. The molecule has 1 saturated carbocycles. The summed E-state index contributed by atoms with van der Waals surface area (Å²) in [6.45, 7) is 1.14. The van der Waals surface area contributed by atoms with Gasteiger partial charge in [0.1, 0.15) is 9.33 Å². The Bertz CT molecular complexity index is 675. The van der Waals surface area contributed by atoms with Crippen LogP contribution in [0.15, 0.2) is 0 Å². The van der Waals surface area contributed by atoms with E-state index in [-0.39, 0.29) is 11.8 Å². The number of rotatable bonds is 7. The van der Waals surface area contributed by atoms with E-state index in [0.717, 1.165) is 37.7 Å². The fourth-order valence-corrected chi connectivity index (χ4v) is 4.89. The summed E-state index contributed by atoms with van der Waals surface area (Å²) >= 11 is 13.5. The highest BCUT2D eigenvalue weighted by atomic mass is 35.5. The number of nitrogens with one attached hydrogen (secondary N) is 2. The molecule has 1 heterocycles. The van der Waals surface area contributed by atoms with Crippen molar-refractivity contribution in [3.8, 4) is 0 Å². The van der Waals surface area contributed by atoms with Crippen molar-refractivity contribution < 1.29 is 14.3 Å². The van der Waals surface area contributed by atoms with Crippen molar-refractivity contribution in [2.24, 2.45) is 5.92 Å². The Balaban J connectivity index is 1.76. The largest absolute Gasteiger partial charge is 0.385 e. The first-order valence-electron chi connectivity index (χ1n) is 8.54. The number of ether oxygens (including phenoxy) is 1. The Morgan fingerprint density at radius 3 is 2.72 bits per heavy atom. The monoisotopic (exact) mass is 404 g/mol. The van der Waals surface area contributed by atoms with E-state index in [0.29, 0.717) is 30.1 Å². The van der Waals surface area contributed by atoms with Crippen LogP contribution in [-0.4, -0.2) is 36.4 Å². The highest BCUT2D eigenvalue weighted by Crippen LogP contribution is 2.53. The van der Waals surface area contributed by atoms with Gasteiger partial charge in [0, 0.05) is 25.1 Å². The van der Waals surface area contributed by atoms with Crippen LogP contribution >= 0.6 is 34.5 Å². The number of hydrogen-bond acceptors (Lipinski definition) is 4. The zero-order chi connectivity index (χ0) is 18.0. The first-order valence-corrected chi connectivity index (χ1v) is 10.1. The molecular formula is C17H22Cl2N2O3S. The Morgan fingerprint density at radius 2 is 2.04 bits per heavy atom. The summed E-state index contributed by atoms with van der Waals surface area (Å²) in [5, 5.41) is 6.44. The number of fused-ring (bicyclic) bond motifs is 1. The number of aryl methyl sites for hydroxylation is 1. The van der Waals surface area contributed by atoms with Crippen LogP contribution in [0.3, 0.4) is 0 Å². The van der Waals surface area contributed by atoms with Crippen molar-refractivity contribution >= 4 is 51.4 Å². The highest BCUT2D eigenvalue weighted by Gasteiger charge is 2.56. The van der Waals surface area contributed by atoms with Gasteiger partial charge in [0.25, 0.3) is 5.91 Å². The lowest BCUT2D eigenvalue weighted by atomic mass is 9.95. The van der Waals surface area contributed by atoms with Crippen molar-refractivity contribution in [1.82, 2.24) is 5.32 Å². The molecular weight excluding hydrogens is 383 g/mol. The minimum Gasteiger partial charge on any atom is -0.385 e. The lowest BCUT2D eigenvalue weighted by molar-refractivity contribution is -0.117.